The Labute approximate surface area is 197 Å². The van der Waals surface area contributed by atoms with Crippen molar-refractivity contribution >= 4 is 40.7 Å². The molecule has 2 aromatic heterocycles. The van der Waals surface area contributed by atoms with Crippen LogP contribution < -0.4 is 21.3 Å². The van der Waals surface area contributed by atoms with Crippen LogP contribution in [0.4, 0.5) is 22.7 Å². The summed E-state index contributed by atoms with van der Waals surface area (Å²) in [6, 6.07) is 2.78. The summed E-state index contributed by atoms with van der Waals surface area (Å²) in [7, 11) is 2.60. The maximum atomic E-state index is 13.9. The molecule has 15 heteroatoms. The predicted octanol–water partition coefficient (Wildman–Crippen LogP) is 2.93. The number of nitrogens with one attached hydrogen (secondary N) is 2. The monoisotopic (exact) mass is 517 g/mol. The van der Waals surface area contributed by atoms with Gasteiger partial charge in [0.25, 0.3) is 5.56 Å². The number of amides is 1. The molecule has 3 rings (SSSR count). The fraction of sp³-hybridized carbons (Fsp3) is 0.211. The molecule has 2 heterocycles. The van der Waals surface area contributed by atoms with Crippen molar-refractivity contribution in [2.75, 3.05) is 5.32 Å². The van der Waals surface area contributed by atoms with E-state index in [-0.39, 0.29) is 32.7 Å². The molecule has 0 aliphatic rings. The molecular weight excluding hydrogens is 502 g/mol. The van der Waals surface area contributed by atoms with E-state index in [0.717, 1.165) is 32.6 Å². The molecule has 0 saturated carbocycles. The largest absolute Gasteiger partial charge is 0.573 e. The van der Waals surface area contributed by atoms with Crippen molar-refractivity contribution in [2.24, 2.45) is 14.1 Å². The van der Waals surface area contributed by atoms with Gasteiger partial charge >= 0.3 is 12.1 Å². The summed E-state index contributed by atoms with van der Waals surface area (Å²) in [6.07, 6.45) is -5.57. The Hall–Kier alpha value is -3.46. The second kappa shape index (κ2) is 9.42. The second-order valence-corrected chi connectivity index (χ2v) is 8.12. The fourth-order valence-electron chi connectivity index (χ4n) is 2.84. The SMILES string of the molecule is Cn1c(S)c(C(=N)CC(=O)Nc2nc(-c3ccc(OC(F)(F)F)c(F)c3)cs2)c(=O)n(C)c1=O. The van der Waals surface area contributed by atoms with Crippen molar-refractivity contribution < 1.29 is 27.1 Å². The van der Waals surface area contributed by atoms with Crippen molar-refractivity contribution in [1.29, 1.82) is 5.41 Å². The number of halogens is 4. The quantitative estimate of drug-likeness (QED) is 0.201. The van der Waals surface area contributed by atoms with Gasteiger partial charge < -0.3 is 15.5 Å². The van der Waals surface area contributed by atoms with Gasteiger partial charge in [-0.05, 0) is 18.2 Å². The standard InChI is InChI=1S/C19H15F4N5O4S2/c1-27-15(30)14(16(33)28(2)18(27)31)10(24)6-13(29)26-17-25-11(7-34-17)8-3-4-12(9(20)5-8)32-19(21,22)23/h3-5,7,24,33H,6H2,1-2H3,(H,25,26,29). The number of aromatic nitrogens is 3. The van der Waals surface area contributed by atoms with Crippen LogP contribution in [0.5, 0.6) is 5.75 Å². The average molecular weight is 517 g/mol. The lowest BCUT2D eigenvalue weighted by Gasteiger charge is -2.11. The lowest BCUT2D eigenvalue weighted by molar-refractivity contribution is -0.275. The molecule has 1 aromatic carbocycles. The average Bonchev–Trinajstić information content (AvgIpc) is 3.19. The molecule has 1 amide bonds. The summed E-state index contributed by atoms with van der Waals surface area (Å²) in [5, 5.41) is 12.0. The maximum absolute atomic E-state index is 13.9. The highest BCUT2D eigenvalue weighted by Crippen LogP contribution is 2.31. The molecule has 180 valence electrons. The number of alkyl halides is 3. The first-order valence-electron chi connectivity index (χ1n) is 9.16. The zero-order valence-electron chi connectivity index (χ0n) is 17.4. The predicted molar refractivity (Wildman–Crippen MR) is 118 cm³/mol. The van der Waals surface area contributed by atoms with Crippen molar-refractivity contribution in [1.82, 2.24) is 14.1 Å². The smallest absolute Gasteiger partial charge is 0.403 e. The third-order valence-electron chi connectivity index (χ3n) is 4.48. The molecule has 0 fully saturated rings. The van der Waals surface area contributed by atoms with E-state index in [9.17, 15) is 31.9 Å². The number of rotatable bonds is 6. The molecule has 0 aliphatic carbocycles. The Morgan fingerprint density at radius 1 is 1.26 bits per heavy atom. The van der Waals surface area contributed by atoms with Crippen molar-refractivity contribution in [2.45, 2.75) is 17.8 Å². The van der Waals surface area contributed by atoms with Gasteiger partial charge in [0, 0.05) is 25.0 Å². The maximum Gasteiger partial charge on any atom is 0.573 e. The first kappa shape index (κ1) is 25.2. The second-order valence-electron chi connectivity index (χ2n) is 6.84. The Bertz CT molecular complexity index is 1410. The number of anilines is 1. The highest BCUT2D eigenvalue weighted by atomic mass is 32.1. The van der Waals surface area contributed by atoms with Crippen LogP contribution in [0.3, 0.4) is 0 Å². The van der Waals surface area contributed by atoms with Gasteiger partial charge in [0.1, 0.15) is 0 Å². The number of ether oxygens (including phenoxy) is 1. The van der Waals surface area contributed by atoms with Gasteiger partial charge in [-0.15, -0.1) is 37.1 Å². The molecule has 0 radical (unpaired) electrons. The van der Waals surface area contributed by atoms with Gasteiger partial charge in [0.05, 0.1) is 28.4 Å². The van der Waals surface area contributed by atoms with Crippen LogP contribution >= 0.6 is 24.0 Å². The molecule has 3 aromatic rings. The third kappa shape index (κ3) is 5.36. The summed E-state index contributed by atoms with van der Waals surface area (Å²) >= 11 is 5.06. The molecule has 0 spiro atoms. The van der Waals surface area contributed by atoms with E-state index >= 15 is 0 Å². The van der Waals surface area contributed by atoms with Crippen LogP contribution in [0.1, 0.15) is 12.0 Å². The summed E-state index contributed by atoms with van der Waals surface area (Å²) in [5.41, 5.74) is -1.68. The number of thiol groups is 1. The fourth-order valence-corrected chi connectivity index (χ4v) is 3.89. The number of hydrogen-bond acceptors (Lipinski definition) is 8. The van der Waals surface area contributed by atoms with Crippen molar-refractivity contribution in [3.05, 3.63) is 55.8 Å². The Morgan fingerprint density at radius 2 is 1.94 bits per heavy atom. The molecule has 0 saturated heterocycles. The van der Waals surface area contributed by atoms with E-state index in [0.29, 0.717) is 0 Å². The molecule has 0 aliphatic heterocycles. The third-order valence-corrected chi connectivity index (χ3v) is 5.76. The first-order chi connectivity index (χ1) is 15.8. The minimum atomic E-state index is -5.04. The van der Waals surface area contributed by atoms with E-state index in [4.69, 9.17) is 5.41 Å². The van der Waals surface area contributed by atoms with Crippen LogP contribution in [-0.4, -0.2) is 32.1 Å². The Balaban J connectivity index is 1.73. The van der Waals surface area contributed by atoms with Gasteiger partial charge in [0.15, 0.2) is 16.7 Å². The van der Waals surface area contributed by atoms with E-state index < -0.39 is 41.5 Å². The van der Waals surface area contributed by atoms with E-state index in [1.807, 2.05) is 0 Å². The number of carbonyl (C=O) groups excluding carboxylic acids is 1. The minimum Gasteiger partial charge on any atom is -0.403 e. The van der Waals surface area contributed by atoms with Crippen molar-refractivity contribution in [3.63, 3.8) is 0 Å². The number of carbonyl (C=O) groups is 1. The van der Waals surface area contributed by atoms with Crippen LogP contribution in [0.25, 0.3) is 11.3 Å². The molecule has 0 atom stereocenters. The number of nitrogens with zero attached hydrogens (tertiary/aromatic N) is 3. The van der Waals surface area contributed by atoms with Crippen LogP contribution in [0.2, 0.25) is 0 Å². The van der Waals surface area contributed by atoms with Crippen LogP contribution in [-0.2, 0) is 18.9 Å². The topological polar surface area (TPSA) is 119 Å². The van der Waals surface area contributed by atoms with Gasteiger partial charge in [-0.25, -0.2) is 14.2 Å². The molecule has 9 nitrogen and oxygen atoms in total. The van der Waals surface area contributed by atoms with Gasteiger partial charge in [0.2, 0.25) is 5.91 Å². The van der Waals surface area contributed by atoms with Crippen LogP contribution in [0.15, 0.2) is 38.2 Å². The van der Waals surface area contributed by atoms with E-state index in [1.165, 1.54) is 25.5 Å². The van der Waals surface area contributed by atoms with E-state index in [2.05, 4.69) is 27.7 Å². The number of benzene rings is 1. The zero-order valence-corrected chi connectivity index (χ0v) is 19.1. The van der Waals surface area contributed by atoms with Gasteiger partial charge in [-0.1, -0.05) is 0 Å². The number of hydrogen-bond donors (Lipinski definition) is 3. The molecule has 0 unspecified atom stereocenters. The summed E-state index contributed by atoms with van der Waals surface area (Å²) < 4.78 is 56.2. The summed E-state index contributed by atoms with van der Waals surface area (Å²) in [6.45, 7) is 0. The van der Waals surface area contributed by atoms with Crippen molar-refractivity contribution in [3.8, 4) is 17.0 Å². The number of thiazole rings is 1. The summed E-state index contributed by atoms with van der Waals surface area (Å²) in [5.74, 6) is -2.94. The van der Waals surface area contributed by atoms with Crippen LogP contribution in [0, 0.1) is 11.2 Å². The Morgan fingerprint density at radius 3 is 2.56 bits per heavy atom. The lowest BCUT2D eigenvalue weighted by atomic mass is 10.1. The summed E-state index contributed by atoms with van der Waals surface area (Å²) in [4.78, 5) is 40.7. The minimum absolute atomic E-state index is 0.0672. The Kier molecular flexibility index (Phi) is 6.97. The highest BCUT2D eigenvalue weighted by Gasteiger charge is 2.32. The molecule has 0 bridgehead atoms. The van der Waals surface area contributed by atoms with Gasteiger partial charge in [-0.3, -0.25) is 18.7 Å². The molecule has 2 N–H and O–H groups in total. The molecular formula is C19H15F4N5O4S2. The molecule has 34 heavy (non-hydrogen) atoms. The van der Waals surface area contributed by atoms with E-state index in [1.54, 1.807) is 0 Å². The van der Waals surface area contributed by atoms with Gasteiger partial charge in [-0.2, -0.15) is 0 Å². The lowest BCUT2D eigenvalue weighted by Crippen LogP contribution is -2.41. The highest BCUT2D eigenvalue weighted by molar-refractivity contribution is 7.80. The normalized spacial score (nSPS) is 11.4. The first-order valence-corrected chi connectivity index (χ1v) is 10.5. The zero-order chi connectivity index (χ0) is 25.4.